The van der Waals surface area contributed by atoms with Gasteiger partial charge in [-0.05, 0) is 48.9 Å². The third-order valence-electron chi connectivity index (χ3n) is 4.62. The summed E-state index contributed by atoms with van der Waals surface area (Å²) >= 11 is 1.69. The van der Waals surface area contributed by atoms with Gasteiger partial charge in [-0.3, -0.25) is 4.79 Å². The van der Waals surface area contributed by atoms with Crippen molar-refractivity contribution in [3.8, 4) is 0 Å². The van der Waals surface area contributed by atoms with Crippen LogP contribution < -0.4 is 5.32 Å². The van der Waals surface area contributed by atoms with Crippen molar-refractivity contribution in [2.75, 3.05) is 5.32 Å². The number of fused-ring (bicyclic) bond motifs is 1. The molecule has 1 aliphatic rings. The lowest BCUT2D eigenvalue weighted by molar-refractivity contribution is 0.101. The Morgan fingerprint density at radius 3 is 2.96 bits per heavy atom. The van der Waals surface area contributed by atoms with E-state index in [4.69, 9.17) is 0 Å². The predicted molar refractivity (Wildman–Crippen MR) is 94.2 cm³/mol. The molecule has 0 bridgehead atoms. The van der Waals surface area contributed by atoms with Crippen molar-refractivity contribution in [2.24, 2.45) is 0 Å². The molecule has 1 saturated carbocycles. The molecule has 0 aliphatic heterocycles. The van der Waals surface area contributed by atoms with Crippen molar-refractivity contribution in [3.63, 3.8) is 0 Å². The summed E-state index contributed by atoms with van der Waals surface area (Å²) in [6, 6.07) is 8.42. The first-order valence-corrected chi connectivity index (χ1v) is 8.93. The van der Waals surface area contributed by atoms with E-state index >= 15 is 0 Å². The number of rotatable bonds is 3. The van der Waals surface area contributed by atoms with Crippen molar-refractivity contribution < 1.29 is 4.79 Å². The summed E-state index contributed by atoms with van der Waals surface area (Å²) in [7, 11) is 0. The Morgan fingerprint density at radius 1 is 1.35 bits per heavy atom. The third-order valence-corrected chi connectivity index (χ3v) is 5.48. The topological polar surface area (TPSA) is 46.9 Å². The van der Waals surface area contributed by atoms with Crippen molar-refractivity contribution in [1.82, 2.24) is 9.55 Å². The van der Waals surface area contributed by atoms with Crippen molar-refractivity contribution >= 4 is 33.3 Å². The molecule has 4 nitrogen and oxygen atoms in total. The summed E-state index contributed by atoms with van der Waals surface area (Å²) in [4.78, 5) is 17.1. The minimum atomic E-state index is -0.0675. The van der Waals surface area contributed by atoms with Gasteiger partial charge in [0.25, 0.3) is 5.91 Å². The molecule has 0 unspecified atom stereocenters. The molecule has 0 spiro atoms. The number of carbonyl (C=O) groups excluding carboxylic acids is 1. The quantitative estimate of drug-likeness (QED) is 0.753. The maximum absolute atomic E-state index is 12.8. The number of amides is 1. The number of pyridine rings is 1. The molecule has 0 saturated heterocycles. The highest BCUT2D eigenvalue weighted by atomic mass is 32.1. The van der Waals surface area contributed by atoms with Gasteiger partial charge in [-0.1, -0.05) is 18.9 Å². The Bertz CT molecular complexity index is 858. The first-order valence-electron chi connectivity index (χ1n) is 8.05. The van der Waals surface area contributed by atoms with Gasteiger partial charge in [0.1, 0.15) is 11.5 Å². The number of nitrogens with zero attached hydrogens (tertiary/aromatic N) is 2. The van der Waals surface area contributed by atoms with Crippen LogP contribution in [0.1, 0.15) is 47.8 Å². The predicted octanol–water partition coefficient (Wildman–Crippen LogP) is 4.77. The maximum atomic E-state index is 12.8. The van der Waals surface area contributed by atoms with Crippen LogP contribution in [0.15, 0.2) is 35.8 Å². The molecule has 3 heterocycles. The smallest absolute Gasteiger partial charge is 0.273 e. The fourth-order valence-electron chi connectivity index (χ4n) is 3.46. The van der Waals surface area contributed by atoms with E-state index < -0.39 is 0 Å². The molecule has 0 atom stereocenters. The van der Waals surface area contributed by atoms with Crippen LogP contribution in [0.4, 0.5) is 5.82 Å². The highest BCUT2D eigenvalue weighted by Gasteiger charge is 2.25. The van der Waals surface area contributed by atoms with Gasteiger partial charge in [-0.15, -0.1) is 11.3 Å². The lowest BCUT2D eigenvalue weighted by Crippen LogP contribution is -2.20. The lowest BCUT2D eigenvalue weighted by Gasteiger charge is -2.17. The molecule has 3 aromatic rings. The Kier molecular flexibility index (Phi) is 3.65. The first kappa shape index (κ1) is 14.5. The zero-order valence-corrected chi connectivity index (χ0v) is 13.9. The van der Waals surface area contributed by atoms with Crippen molar-refractivity contribution in [1.29, 1.82) is 0 Å². The SMILES string of the molecule is Cc1cccnc1NC(=O)c1cc2sccc2n1C1CCCC1. The fourth-order valence-corrected chi connectivity index (χ4v) is 4.27. The summed E-state index contributed by atoms with van der Waals surface area (Å²) in [6.45, 7) is 1.96. The molecule has 1 amide bonds. The maximum Gasteiger partial charge on any atom is 0.273 e. The van der Waals surface area contributed by atoms with Gasteiger partial charge in [0.2, 0.25) is 0 Å². The average Bonchev–Trinajstić information content (AvgIpc) is 3.24. The van der Waals surface area contributed by atoms with E-state index in [0.29, 0.717) is 11.9 Å². The molecule has 1 N–H and O–H groups in total. The van der Waals surface area contributed by atoms with Crippen LogP contribution in [0.25, 0.3) is 10.2 Å². The molecular weight excluding hydrogens is 306 g/mol. The van der Waals surface area contributed by atoms with Crippen LogP contribution in [-0.4, -0.2) is 15.5 Å². The second kappa shape index (κ2) is 5.81. The highest BCUT2D eigenvalue weighted by Crippen LogP contribution is 2.36. The molecule has 23 heavy (non-hydrogen) atoms. The number of hydrogen-bond donors (Lipinski definition) is 1. The number of aromatic nitrogens is 2. The summed E-state index contributed by atoms with van der Waals surface area (Å²) in [5.74, 6) is 0.571. The number of anilines is 1. The van der Waals surface area contributed by atoms with Crippen LogP contribution in [0.5, 0.6) is 0 Å². The highest BCUT2D eigenvalue weighted by molar-refractivity contribution is 7.17. The summed E-state index contributed by atoms with van der Waals surface area (Å²) in [6.07, 6.45) is 6.51. The molecule has 1 fully saturated rings. The Labute approximate surface area is 139 Å². The van der Waals surface area contributed by atoms with E-state index in [2.05, 4.69) is 26.3 Å². The number of nitrogens with one attached hydrogen (secondary N) is 1. The normalized spacial score (nSPS) is 15.3. The number of aryl methyl sites for hydroxylation is 1. The summed E-state index contributed by atoms with van der Waals surface area (Å²) in [5.41, 5.74) is 2.91. The lowest BCUT2D eigenvalue weighted by atomic mass is 10.2. The molecule has 0 radical (unpaired) electrons. The van der Waals surface area contributed by atoms with Gasteiger partial charge in [-0.25, -0.2) is 4.98 Å². The van der Waals surface area contributed by atoms with Gasteiger partial charge in [0.15, 0.2) is 0 Å². The zero-order chi connectivity index (χ0) is 15.8. The van der Waals surface area contributed by atoms with Gasteiger partial charge in [0, 0.05) is 12.2 Å². The van der Waals surface area contributed by atoms with Gasteiger partial charge in [-0.2, -0.15) is 0 Å². The molecular formula is C18H19N3OS. The molecule has 0 aromatic carbocycles. The van der Waals surface area contributed by atoms with Gasteiger partial charge < -0.3 is 9.88 Å². The van der Waals surface area contributed by atoms with Crippen LogP contribution in [0.3, 0.4) is 0 Å². The fraction of sp³-hybridized carbons (Fsp3) is 0.333. The van der Waals surface area contributed by atoms with Crippen molar-refractivity contribution in [3.05, 3.63) is 47.1 Å². The molecule has 4 rings (SSSR count). The van der Waals surface area contributed by atoms with Crippen LogP contribution in [0.2, 0.25) is 0 Å². The Hall–Kier alpha value is -2.14. The molecule has 5 heteroatoms. The molecule has 1 aliphatic carbocycles. The monoisotopic (exact) mass is 325 g/mol. The van der Waals surface area contributed by atoms with Gasteiger partial charge in [0.05, 0.1) is 10.2 Å². The second-order valence-electron chi connectivity index (χ2n) is 6.13. The summed E-state index contributed by atoms with van der Waals surface area (Å²) in [5, 5.41) is 5.07. The Balaban J connectivity index is 1.73. The summed E-state index contributed by atoms with van der Waals surface area (Å²) < 4.78 is 3.42. The van der Waals surface area contributed by atoms with Crippen LogP contribution >= 0.6 is 11.3 Å². The minimum Gasteiger partial charge on any atom is -0.333 e. The third kappa shape index (κ3) is 2.55. The largest absolute Gasteiger partial charge is 0.333 e. The zero-order valence-electron chi connectivity index (χ0n) is 13.1. The van der Waals surface area contributed by atoms with Crippen molar-refractivity contribution in [2.45, 2.75) is 38.6 Å². The van der Waals surface area contributed by atoms with E-state index in [1.807, 2.05) is 25.1 Å². The number of hydrogen-bond acceptors (Lipinski definition) is 3. The second-order valence-corrected chi connectivity index (χ2v) is 7.08. The van der Waals surface area contributed by atoms with Gasteiger partial charge >= 0.3 is 0 Å². The van der Waals surface area contributed by atoms with Crippen LogP contribution in [-0.2, 0) is 0 Å². The number of carbonyl (C=O) groups is 1. The average molecular weight is 325 g/mol. The van der Waals surface area contributed by atoms with E-state index in [1.54, 1.807) is 17.5 Å². The van der Waals surface area contributed by atoms with Crippen LogP contribution in [0, 0.1) is 6.92 Å². The Morgan fingerprint density at radius 2 is 2.17 bits per heavy atom. The molecule has 3 aromatic heterocycles. The van der Waals surface area contributed by atoms with E-state index in [1.165, 1.54) is 23.1 Å². The number of thiophene rings is 1. The molecule has 118 valence electrons. The standard InChI is InChI=1S/C18H19N3OS/c1-12-5-4-9-19-17(12)20-18(22)15-11-16-14(8-10-23-16)21(15)13-6-2-3-7-13/h4-5,8-11,13H,2-3,6-7H2,1H3,(H,19,20,22). The first-order chi connectivity index (χ1) is 11.2. The van der Waals surface area contributed by atoms with E-state index in [-0.39, 0.29) is 5.91 Å². The van der Waals surface area contributed by atoms with E-state index in [9.17, 15) is 4.79 Å². The van der Waals surface area contributed by atoms with E-state index in [0.717, 1.165) is 24.1 Å². The minimum absolute atomic E-state index is 0.0675.